The van der Waals surface area contributed by atoms with Gasteiger partial charge in [0.25, 0.3) is 5.91 Å². The van der Waals surface area contributed by atoms with Crippen LogP contribution in [0.2, 0.25) is 0 Å². The van der Waals surface area contributed by atoms with E-state index in [-0.39, 0.29) is 18.0 Å². The van der Waals surface area contributed by atoms with Crippen molar-refractivity contribution in [2.75, 3.05) is 0 Å². The van der Waals surface area contributed by atoms with E-state index in [2.05, 4.69) is 50.0 Å². The number of allylic oxidation sites excluding steroid dienone is 5. The quantitative estimate of drug-likeness (QED) is 0.0875. The summed E-state index contributed by atoms with van der Waals surface area (Å²) in [6.07, 6.45) is 22.7. The van der Waals surface area contributed by atoms with Crippen LogP contribution >= 0.6 is 0 Å². The Labute approximate surface area is 295 Å². The Morgan fingerprint density at radius 2 is 1.63 bits per heavy atom. The Hall–Kier alpha value is -4.14. The zero-order chi connectivity index (χ0) is 35.3. The SMILES string of the molecule is C/C=C(C#Cc1ccc(CN(C(=O)c2ccc(CCCCCC)cc2)C2=CC3(C)CC(C=C2)OC(C)(C)OC3=O)cc1)\C=C/CCCCC. The second-order valence-corrected chi connectivity index (χ2v) is 14.0. The predicted molar refractivity (Wildman–Crippen MR) is 200 cm³/mol. The minimum absolute atomic E-state index is 0.131. The molecule has 2 bridgehead atoms. The summed E-state index contributed by atoms with van der Waals surface area (Å²) in [5.41, 5.74) is 4.37. The highest BCUT2D eigenvalue weighted by Gasteiger charge is 2.45. The summed E-state index contributed by atoms with van der Waals surface area (Å²) in [6.45, 7) is 12.1. The minimum Gasteiger partial charge on any atom is -0.433 e. The molecule has 5 heteroatoms. The van der Waals surface area contributed by atoms with Crippen molar-refractivity contribution in [1.82, 2.24) is 4.90 Å². The first-order valence-electron chi connectivity index (χ1n) is 18.2. The molecular formula is C44H55NO4. The number of cyclic esters (lactones) is 1. The number of ether oxygens (including phenoxy) is 2. The van der Waals surface area contributed by atoms with E-state index < -0.39 is 11.2 Å². The Morgan fingerprint density at radius 1 is 0.939 bits per heavy atom. The van der Waals surface area contributed by atoms with Crippen LogP contribution in [0.5, 0.6) is 0 Å². The van der Waals surface area contributed by atoms with E-state index in [1.807, 2.05) is 74.5 Å². The molecule has 0 aromatic heterocycles. The highest BCUT2D eigenvalue weighted by atomic mass is 16.7. The smallest absolute Gasteiger partial charge is 0.318 e. The lowest BCUT2D eigenvalue weighted by atomic mass is 9.84. The van der Waals surface area contributed by atoms with Crippen molar-refractivity contribution in [3.8, 4) is 11.8 Å². The average Bonchev–Trinajstić information content (AvgIpc) is 3.30. The van der Waals surface area contributed by atoms with Gasteiger partial charge in [-0.05, 0) is 93.5 Å². The van der Waals surface area contributed by atoms with Gasteiger partial charge in [0.05, 0.1) is 18.1 Å². The molecule has 260 valence electrons. The first kappa shape index (κ1) is 37.7. The third kappa shape index (κ3) is 11.2. The monoisotopic (exact) mass is 661 g/mol. The summed E-state index contributed by atoms with van der Waals surface area (Å²) in [7, 11) is 0. The maximum absolute atomic E-state index is 14.3. The maximum atomic E-state index is 14.3. The molecular weight excluding hydrogens is 606 g/mol. The zero-order valence-electron chi connectivity index (χ0n) is 30.5. The summed E-state index contributed by atoms with van der Waals surface area (Å²) in [5.74, 6) is 5.04. The third-order valence-electron chi connectivity index (χ3n) is 9.12. The van der Waals surface area contributed by atoms with Crippen molar-refractivity contribution in [1.29, 1.82) is 0 Å². The summed E-state index contributed by atoms with van der Waals surface area (Å²) >= 11 is 0. The van der Waals surface area contributed by atoms with Gasteiger partial charge in [-0.2, -0.15) is 0 Å². The number of fused-ring (bicyclic) bond motifs is 2. The van der Waals surface area contributed by atoms with Crippen LogP contribution in [0.1, 0.15) is 126 Å². The zero-order valence-corrected chi connectivity index (χ0v) is 30.5. The van der Waals surface area contributed by atoms with Crippen molar-refractivity contribution in [2.45, 2.75) is 124 Å². The van der Waals surface area contributed by atoms with Crippen LogP contribution in [0.25, 0.3) is 0 Å². The van der Waals surface area contributed by atoms with E-state index in [4.69, 9.17) is 9.47 Å². The van der Waals surface area contributed by atoms with Crippen LogP contribution in [0, 0.1) is 17.3 Å². The van der Waals surface area contributed by atoms with Crippen molar-refractivity contribution in [2.24, 2.45) is 5.41 Å². The fourth-order valence-electron chi connectivity index (χ4n) is 6.20. The van der Waals surface area contributed by atoms with Crippen LogP contribution in [-0.2, 0) is 27.2 Å². The molecule has 1 saturated heterocycles. The molecule has 0 N–H and O–H groups in total. The summed E-state index contributed by atoms with van der Waals surface area (Å²) in [5, 5.41) is 0. The molecule has 1 amide bonds. The van der Waals surface area contributed by atoms with E-state index in [9.17, 15) is 9.59 Å². The van der Waals surface area contributed by atoms with Crippen LogP contribution in [-0.4, -0.2) is 28.7 Å². The number of unbranched alkanes of at least 4 members (excludes halogenated alkanes) is 6. The Bertz CT molecular complexity index is 1600. The predicted octanol–water partition coefficient (Wildman–Crippen LogP) is 10.4. The first-order valence-corrected chi connectivity index (χ1v) is 18.2. The number of aryl methyl sites for hydroxylation is 1. The van der Waals surface area contributed by atoms with E-state index in [0.29, 0.717) is 24.2 Å². The first-order chi connectivity index (χ1) is 23.6. The van der Waals surface area contributed by atoms with E-state index in [1.54, 1.807) is 18.7 Å². The van der Waals surface area contributed by atoms with E-state index >= 15 is 0 Å². The molecule has 1 aliphatic heterocycles. The van der Waals surface area contributed by atoms with Gasteiger partial charge in [0, 0.05) is 36.2 Å². The Morgan fingerprint density at radius 3 is 2.33 bits per heavy atom. The molecule has 2 unspecified atom stereocenters. The molecule has 2 atom stereocenters. The number of hydrogen-bond donors (Lipinski definition) is 0. The molecule has 0 radical (unpaired) electrons. The van der Waals surface area contributed by atoms with Crippen molar-refractivity contribution < 1.29 is 19.1 Å². The Kier molecular flexibility index (Phi) is 13.9. The molecule has 2 aromatic carbocycles. The minimum atomic E-state index is -1.04. The number of carbonyl (C=O) groups is 2. The topological polar surface area (TPSA) is 55.8 Å². The third-order valence-corrected chi connectivity index (χ3v) is 9.12. The lowest BCUT2D eigenvalue weighted by Crippen LogP contribution is -2.35. The van der Waals surface area contributed by atoms with Gasteiger partial charge in [0.15, 0.2) is 0 Å². The second-order valence-electron chi connectivity index (χ2n) is 14.0. The van der Waals surface area contributed by atoms with Gasteiger partial charge in [-0.25, -0.2) is 0 Å². The normalized spacial score (nSPS) is 20.1. The van der Waals surface area contributed by atoms with Gasteiger partial charge >= 0.3 is 5.97 Å². The van der Waals surface area contributed by atoms with Crippen LogP contribution in [0.3, 0.4) is 0 Å². The van der Waals surface area contributed by atoms with Gasteiger partial charge in [-0.3, -0.25) is 9.59 Å². The van der Waals surface area contributed by atoms with Gasteiger partial charge < -0.3 is 14.4 Å². The van der Waals surface area contributed by atoms with Crippen molar-refractivity contribution in [3.63, 3.8) is 0 Å². The standard InChI is InChI=1S/C44H55NO4/c1-7-10-12-14-16-17-34(9-3)19-20-36-21-23-37(24-22-36)33-45(41(46)38-27-25-35(26-28-38)18-15-13-11-8-2)39-29-30-40-32-44(6,31-39)42(47)49-43(4,5)48-40/h9,16-17,21-31,40H,7-8,10-15,18,32-33H2,1-6H3/b17-16-,34-9+. The number of rotatable bonds is 14. The molecule has 1 heterocycles. The molecule has 2 aromatic rings. The van der Waals surface area contributed by atoms with E-state index in [0.717, 1.165) is 36.0 Å². The molecule has 1 aliphatic carbocycles. The van der Waals surface area contributed by atoms with Crippen LogP contribution in [0.15, 0.2) is 96.3 Å². The van der Waals surface area contributed by atoms with Crippen molar-refractivity contribution >= 4 is 11.9 Å². The average molecular weight is 662 g/mol. The van der Waals surface area contributed by atoms with Crippen LogP contribution < -0.4 is 0 Å². The molecule has 4 rings (SSSR count). The fraction of sp³-hybridized carbons (Fsp3) is 0.455. The van der Waals surface area contributed by atoms with Gasteiger partial charge in [-0.15, -0.1) is 0 Å². The highest BCUT2D eigenvalue weighted by molar-refractivity contribution is 5.96. The molecule has 2 aliphatic rings. The Balaban J connectivity index is 1.60. The van der Waals surface area contributed by atoms with Gasteiger partial charge in [0.2, 0.25) is 5.79 Å². The number of hydrogen-bond acceptors (Lipinski definition) is 4. The highest BCUT2D eigenvalue weighted by Crippen LogP contribution is 2.39. The largest absolute Gasteiger partial charge is 0.433 e. The number of nitrogens with zero attached hydrogens (tertiary/aromatic N) is 1. The number of benzene rings is 2. The lowest BCUT2D eigenvalue weighted by Gasteiger charge is -2.29. The van der Waals surface area contributed by atoms with E-state index in [1.165, 1.54) is 44.1 Å². The van der Waals surface area contributed by atoms with Gasteiger partial charge in [0.1, 0.15) is 0 Å². The molecule has 0 saturated carbocycles. The summed E-state index contributed by atoms with van der Waals surface area (Å²) in [4.78, 5) is 29.5. The molecule has 5 nitrogen and oxygen atoms in total. The summed E-state index contributed by atoms with van der Waals surface area (Å²) in [6, 6.07) is 16.0. The number of amides is 1. The van der Waals surface area contributed by atoms with Crippen molar-refractivity contribution in [3.05, 3.63) is 119 Å². The molecule has 49 heavy (non-hydrogen) atoms. The van der Waals surface area contributed by atoms with Gasteiger partial charge in [-0.1, -0.05) is 106 Å². The summed E-state index contributed by atoms with van der Waals surface area (Å²) < 4.78 is 11.9. The fourth-order valence-corrected chi connectivity index (χ4v) is 6.20. The van der Waals surface area contributed by atoms with Crippen LogP contribution in [0.4, 0.5) is 0 Å². The maximum Gasteiger partial charge on any atom is 0.318 e. The lowest BCUT2D eigenvalue weighted by molar-refractivity contribution is -0.217. The molecule has 0 spiro atoms. The number of carbonyl (C=O) groups excluding carboxylic acids is 2. The second kappa shape index (κ2) is 18.0. The molecule has 1 fully saturated rings. The number of esters is 1.